The smallest absolute Gasteiger partial charge is 0.284 e. The summed E-state index contributed by atoms with van der Waals surface area (Å²) < 4.78 is 40.4. The van der Waals surface area contributed by atoms with Crippen molar-refractivity contribution in [2.24, 2.45) is 7.05 Å². The van der Waals surface area contributed by atoms with Gasteiger partial charge < -0.3 is 0 Å². The molecule has 0 atom stereocenters. The van der Waals surface area contributed by atoms with Gasteiger partial charge in [-0.05, 0) is 17.7 Å². The Morgan fingerprint density at radius 2 is 1.86 bits per heavy atom. The van der Waals surface area contributed by atoms with Crippen molar-refractivity contribution >= 4 is 11.2 Å². The molecule has 0 aliphatic heterocycles. The molecule has 22 heavy (non-hydrogen) atoms. The van der Waals surface area contributed by atoms with Gasteiger partial charge in [0.05, 0.1) is 18.3 Å². The minimum Gasteiger partial charge on any atom is -0.284 e. The van der Waals surface area contributed by atoms with Gasteiger partial charge >= 0.3 is 11.9 Å². The largest absolute Gasteiger partial charge is 0.416 e. The summed E-state index contributed by atoms with van der Waals surface area (Å²) in [6.07, 6.45) is -1.53. The standard InChI is InChI=1S/C14H11F3N4O/c1-20-12-11(6-18-8-19-12)21(13(20)22)7-9-2-4-10(5-3-9)14(15,16)17/h2-6,8H,7H2,1H3. The zero-order chi connectivity index (χ0) is 15.9. The van der Waals surface area contributed by atoms with Gasteiger partial charge in [-0.1, -0.05) is 12.1 Å². The summed E-state index contributed by atoms with van der Waals surface area (Å²) in [4.78, 5) is 20.1. The van der Waals surface area contributed by atoms with Crippen LogP contribution >= 0.6 is 0 Å². The fraction of sp³-hybridized carbons (Fsp3) is 0.214. The highest BCUT2D eigenvalue weighted by atomic mass is 19.4. The van der Waals surface area contributed by atoms with Gasteiger partial charge in [0.15, 0.2) is 5.65 Å². The van der Waals surface area contributed by atoms with Crippen molar-refractivity contribution in [3.63, 3.8) is 0 Å². The second kappa shape index (κ2) is 4.97. The highest BCUT2D eigenvalue weighted by molar-refractivity contribution is 5.70. The lowest BCUT2D eigenvalue weighted by molar-refractivity contribution is -0.137. The molecule has 2 aromatic heterocycles. The summed E-state index contributed by atoms with van der Waals surface area (Å²) in [5.74, 6) is 0. The number of alkyl halides is 3. The van der Waals surface area contributed by atoms with Crippen molar-refractivity contribution < 1.29 is 13.2 Å². The SMILES string of the molecule is Cn1c(=O)n(Cc2ccc(C(F)(F)F)cc2)c2cncnc21. The number of nitrogens with zero attached hydrogens (tertiary/aromatic N) is 4. The summed E-state index contributed by atoms with van der Waals surface area (Å²) in [6, 6.07) is 4.72. The molecule has 0 fully saturated rings. The number of halogens is 3. The Hall–Kier alpha value is -2.64. The molecule has 0 radical (unpaired) electrons. The summed E-state index contributed by atoms with van der Waals surface area (Å²) in [5.41, 5.74) is 0.591. The zero-order valence-corrected chi connectivity index (χ0v) is 11.5. The number of rotatable bonds is 2. The Bertz CT molecular complexity index is 878. The Kier molecular flexibility index (Phi) is 3.23. The first-order chi connectivity index (χ1) is 10.4. The van der Waals surface area contributed by atoms with Gasteiger partial charge in [0.2, 0.25) is 0 Å². The Morgan fingerprint density at radius 1 is 1.18 bits per heavy atom. The lowest BCUT2D eigenvalue weighted by atomic mass is 10.1. The van der Waals surface area contributed by atoms with Crippen LogP contribution in [0.5, 0.6) is 0 Å². The molecule has 0 aliphatic carbocycles. The maximum absolute atomic E-state index is 12.5. The lowest BCUT2D eigenvalue weighted by Crippen LogP contribution is -2.22. The number of aromatic nitrogens is 4. The first kappa shape index (κ1) is 14.3. The monoisotopic (exact) mass is 308 g/mol. The molecule has 0 aliphatic rings. The van der Waals surface area contributed by atoms with Crippen molar-refractivity contribution in [2.75, 3.05) is 0 Å². The van der Waals surface area contributed by atoms with E-state index in [2.05, 4.69) is 9.97 Å². The third kappa shape index (κ3) is 2.36. The minimum atomic E-state index is -4.37. The minimum absolute atomic E-state index is 0.154. The van der Waals surface area contributed by atoms with Crippen molar-refractivity contribution in [1.29, 1.82) is 0 Å². The molecule has 0 saturated heterocycles. The molecule has 2 heterocycles. The van der Waals surface area contributed by atoms with Crippen LogP contribution in [0.3, 0.4) is 0 Å². The third-order valence-electron chi connectivity index (χ3n) is 3.42. The molecule has 5 nitrogen and oxygen atoms in total. The maximum atomic E-state index is 12.5. The summed E-state index contributed by atoms with van der Waals surface area (Å²) in [6.45, 7) is 0.154. The van der Waals surface area contributed by atoms with E-state index in [1.807, 2.05) is 0 Å². The molecule has 0 unspecified atom stereocenters. The van der Waals surface area contributed by atoms with Crippen LogP contribution in [0.15, 0.2) is 41.6 Å². The van der Waals surface area contributed by atoms with Crippen LogP contribution in [0, 0.1) is 0 Å². The number of benzene rings is 1. The summed E-state index contributed by atoms with van der Waals surface area (Å²) in [5, 5.41) is 0. The average Bonchev–Trinajstić information content (AvgIpc) is 2.73. The quantitative estimate of drug-likeness (QED) is 0.729. The van der Waals surface area contributed by atoms with Crippen LogP contribution in [0.4, 0.5) is 13.2 Å². The fourth-order valence-electron chi connectivity index (χ4n) is 2.27. The van der Waals surface area contributed by atoms with Crippen LogP contribution in [0.1, 0.15) is 11.1 Å². The summed E-state index contributed by atoms with van der Waals surface area (Å²) >= 11 is 0. The van der Waals surface area contributed by atoms with Crippen molar-refractivity contribution in [1.82, 2.24) is 19.1 Å². The second-order valence-electron chi connectivity index (χ2n) is 4.85. The molecule has 0 bridgehead atoms. The molecule has 0 N–H and O–H groups in total. The van der Waals surface area contributed by atoms with Crippen LogP contribution in [0.2, 0.25) is 0 Å². The molecule has 1 aromatic carbocycles. The van der Waals surface area contributed by atoms with E-state index >= 15 is 0 Å². The van der Waals surface area contributed by atoms with Crippen molar-refractivity contribution in [2.45, 2.75) is 12.7 Å². The molecular formula is C14H11F3N4O. The van der Waals surface area contributed by atoms with Gasteiger partial charge in [0.25, 0.3) is 0 Å². The normalized spacial score (nSPS) is 12.0. The molecule has 0 spiro atoms. The van der Waals surface area contributed by atoms with E-state index in [1.165, 1.54) is 33.8 Å². The average molecular weight is 308 g/mol. The van der Waals surface area contributed by atoms with Gasteiger partial charge in [-0.25, -0.2) is 14.8 Å². The highest BCUT2D eigenvalue weighted by Crippen LogP contribution is 2.29. The van der Waals surface area contributed by atoms with Gasteiger partial charge in [0.1, 0.15) is 11.8 Å². The van der Waals surface area contributed by atoms with E-state index in [4.69, 9.17) is 0 Å². The number of aryl methyl sites for hydroxylation is 1. The van der Waals surface area contributed by atoms with Crippen LogP contribution < -0.4 is 5.69 Å². The van der Waals surface area contributed by atoms with Crippen molar-refractivity contribution in [3.05, 3.63) is 58.4 Å². The van der Waals surface area contributed by atoms with Crippen LogP contribution in [0.25, 0.3) is 11.2 Å². The zero-order valence-electron chi connectivity index (χ0n) is 11.5. The molecule has 3 rings (SSSR count). The Balaban J connectivity index is 2.01. The van der Waals surface area contributed by atoms with E-state index in [9.17, 15) is 18.0 Å². The fourth-order valence-corrected chi connectivity index (χ4v) is 2.27. The molecule has 8 heteroatoms. The molecule has 3 aromatic rings. The molecular weight excluding hydrogens is 297 g/mol. The molecule has 114 valence electrons. The number of fused-ring (bicyclic) bond motifs is 1. The third-order valence-corrected chi connectivity index (χ3v) is 3.42. The second-order valence-corrected chi connectivity index (χ2v) is 4.85. The van der Waals surface area contributed by atoms with E-state index in [1.54, 1.807) is 7.05 Å². The van der Waals surface area contributed by atoms with E-state index in [0.29, 0.717) is 16.7 Å². The number of imidazole rings is 1. The van der Waals surface area contributed by atoms with Crippen LogP contribution in [-0.2, 0) is 19.8 Å². The summed E-state index contributed by atoms with van der Waals surface area (Å²) in [7, 11) is 1.58. The molecule has 0 amide bonds. The topological polar surface area (TPSA) is 52.7 Å². The van der Waals surface area contributed by atoms with E-state index in [-0.39, 0.29) is 12.2 Å². The Labute approximate surface area is 122 Å². The van der Waals surface area contributed by atoms with Gasteiger partial charge in [0, 0.05) is 7.05 Å². The lowest BCUT2D eigenvalue weighted by Gasteiger charge is -2.08. The Morgan fingerprint density at radius 3 is 2.50 bits per heavy atom. The first-order valence-electron chi connectivity index (χ1n) is 6.39. The van der Waals surface area contributed by atoms with Gasteiger partial charge in [-0.15, -0.1) is 0 Å². The van der Waals surface area contributed by atoms with Gasteiger partial charge in [-0.2, -0.15) is 13.2 Å². The highest BCUT2D eigenvalue weighted by Gasteiger charge is 2.29. The first-order valence-corrected chi connectivity index (χ1v) is 6.39. The predicted molar refractivity (Wildman–Crippen MR) is 73.3 cm³/mol. The molecule has 0 saturated carbocycles. The number of hydrogen-bond donors (Lipinski definition) is 0. The van der Waals surface area contributed by atoms with Crippen LogP contribution in [-0.4, -0.2) is 19.1 Å². The number of hydrogen-bond acceptors (Lipinski definition) is 3. The maximum Gasteiger partial charge on any atom is 0.416 e. The van der Waals surface area contributed by atoms with Crippen molar-refractivity contribution in [3.8, 4) is 0 Å². The van der Waals surface area contributed by atoms with E-state index < -0.39 is 11.7 Å². The van der Waals surface area contributed by atoms with E-state index in [0.717, 1.165) is 12.1 Å². The van der Waals surface area contributed by atoms with Gasteiger partial charge in [-0.3, -0.25) is 9.13 Å². The predicted octanol–water partition coefficient (Wildman–Crippen LogP) is 2.20.